The summed E-state index contributed by atoms with van der Waals surface area (Å²) in [6, 6.07) is 13.4. The summed E-state index contributed by atoms with van der Waals surface area (Å²) in [5.74, 6) is -1.33. The molecule has 8 heteroatoms. The van der Waals surface area contributed by atoms with Gasteiger partial charge in [0.2, 0.25) is 0 Å². The molecule has 2 aromatic carbocycles. The number of benzene rings is 2. The van der Waals surface area contributed by atoms with Crippen molar-refractivity contribution >= 4 is 17.6 Å². The van der Waals surface area contributed by atoms with Crippen LogP contribution in [0.25, 0.3) is 11.1 Å². The molecule has 2 heterocycles. The molecule has 1 aliphatic heterocycles. The van der Waals surface area contributed by atoms with Crippen molar-refractivity contribution in [1.82, 2.24) is 14.8 Å². The van der Waals surface area contributed by atoms with Crippen LogP contribution in [0.4, 0.5) is 19.3 Å². The van der Waals surface area contributed by atoms with E-state index >= 15 is 0 Å². The summed E-state index contributed by atoms with van der Waals surface area (Å²) < 4.78 is 26.9. The lowest BCUT2D eigenvalue weighted by atomic mass is 10.0. The molecule has 3 amide bonds. The molecule has 170 valence electrons. The summed E-state index contributed by atoms with van der Waals surface area (Å²) >= 11 is 0. The number of rotatable bonds is 4. The zero-order chi connectivity index (χ0) is 23.4. The van der Waals surface area contributed by atoms with Crippen molar-refractivity contribution in [2.45, 2.75) is 18.9 Å². The van der Waals surface area contributed by atoms with Crippen LogP contribution in [0.3, 0.4) is 0 Å². The average molecular weight is 450 g/mol. The molecule has 0 spiro atoms. The van der Waals surface area contributed by atoms with E-state index in [1.54, 1.807) is 65.6 Å². The summed E-state index contributed by atoms with van der Waals surface area (Å²) in [4.78, 5) is 32.7. The Bertz CT molecular complexity index is 1110. The number of halogens is 2. The predicted molar refractivity (Wildman–Crippen MR) is 122 cm³/mol. The quantitative estimate of drug-likeness (QED) is 0.621. The van der Waals surface area contributed by atoms with Crippen molar-refractivity contribution in [3.05, 3.63) is 84.2 Å². The standard InChI is InChI=1S/C25H24F2N4O2/c1-30(23-8-11-31(12-9-23)24(32)18-3-2-10-28-16-18)25(33)29-22-6-4-17(5-7-22)19-13-20(26)15-21(27)14-19/h2-7,10,13-16,23H,8-9,11-12H2,1H3,(H,29,33). The van der Waals surface area contributed by atoms with Gasteiger partial charge in [0, 0.05) is 50.3 Å². The number of pyridine rings is 1. The normalized spacial score (nSPS) is 14.1. The SMILES string of the molecule is CN(C(=O)Nc1ccc(-c2cc(F)cc(F)c2)cc1)C1CCN(C(=O)c2cccnc2)CC1. The Kier molecular flexibility index (Phi) is 6.63. The summed E-state index contributed by atoms with van der Waals surface area (Å²) in [5, 5.41) is 2.85. The van der Waals surface area contributed by atoms with Gasteiger partial charge in [-0.15, -0.1) is 0 Å². The van der Waals surface area contributed by atoms with Crippen LogP contribution in [-0.4, -0.2) is 52.9 Å². The summed E-state index contributed by atoms with van der Waals surface area (Å²) in [7, 11) is 1.74. The Balaban J connectivity index is 1.32. The molecular formula is C25H24F2N4O2. The van der Waals surface area contributed by atoms with Gasteiger partial charge in [-0.25, -0.2) is 13.6 Å². The highest BCUT2D eigenvalue weighted by atomic mass is 19.1. The molecule has 0 atom stereocenters. The maximum Gasteiger partial charge on any atom is 0.321 e. The van der Waals surface area contributed by atoms with E-state index in [4.69, 9.17) is 0 Å². The predicted octanol–water partition coefficient (Wildman–Crippen LogP) is 4.80. The Labute approximate surface area is 190 Å². The number of hydrogen-bond donors (Lipinski definition) is 1. The van der Waals surface area contributed by atoms with Gasteiger partial charge in [0.05, 0.1) is 5.56 Å². The number of nitrogens with one attached hydrogen (secondary N) is 1. The van der Waals surface area contributed by atoms with Gasteiger partial charge in [-0.3, -0.25) is 9.78 Å². The first kappa shape index (κ1) is 22.4. The van der Waals surface area contributed by atoms with Crippen molar-refractivity contribution in [3.8, 4) is 11.1 Å². The van der Waals surface area contributed by atoms with Crippen LogP contribution >= 0.6 is 0 Å². The van der Waals surface area contributed by atoms with Crippen LogP contribution in [0.15, 0.2) is 67.0 Å². The highest BCUT2D eigenvalue weighted by Gasteiger charge is 2.28. The molecule has 6 nitrogen and oxygen atoms in total. The molecule has 0 bridgehead atoms. The zero-order valence-corrected chi connectivity index (χ0v) is 18.2. The second kappa shape index (κ2) is 9.77. The van der Waals surface area contributed by atoms with Crippen LogP contribution in [0, 0.1) is 11.6 Å². The Hall–Kier alpha value is -3.81. The van der Waals surface area contributed by atoms with E-state index < -0.39 is 11.6 Å². The molecule has 33 heavy (non-hydrogen) atoms. The van der Waals surface area contributed by atoms with Gasteiger partial charge in [-0.1, -0.05) is 12.1 Å². The summed E-state index contributed by atoms with van der Waals surface area (Å²) in [5.41, 5.74) is 2.21. The number of carbonyl (C=O) groups excluding carboxylic acids is 2. The minimum absolute atomic E-state index is 0.0116. The number of carbonyl (C=O) groups is 2. The van der Waals surface area contributed by atoms with Crippen LogP contribution in [0.1, 0.15) is 23.2 Å². The van der Waals surface area contributed by atoms with E-state index in [-0.39, 0.29) is 18.0 Å². The van der Waals surface area contributed by atoms with Crippen LogP contribution in [0.5, 0.6) is 0 Å². The molecule has 0 radical (unpaired) electrons. The molecular weight excluding hydrogens is 426 g/mol. The molecule has 1 fully saturated rings. The van der Waals surface area contributed by atoms with E-state index in [0.717, 1.165) is 6.07 Å². The lowest BCUT2D eigenvalue weighted by Gasteiger charge is -2.36. The molecule has 3 aromatic rings. The van der Waals surface area contributed by atoms with Gasteiger partial charge in [-0.2, -0.15) is 0 Å². The van der Waals surface area contributed by atoms with E-state index in [9.17, 15) is 18.4 Å². The van der Waals surface area contributed by atoms with Gasteiger partial charge in [0.25, 0.3) is 5.91 Å². The van der Waals surface area contributed by atoms with Gasteiger partial charge in [0.15, 0.2) is 0 Å². The van der Waals surface area contributed by atoms with Crippen LogP contribution < -0.4 is 5.32 Å². The highest BCUT2D eigenvalue weighted by molar-refractivity contribution is 5.94. The lowest BCUT2D eigenvalue weighted by molar-refractivity contribution is 0.0671. The molecule has 1 aliphatic rings. The Morgan fingerprint density at radius 1 is 1.00 bits per heavy atom. The first-order valence-electron chi connectivity index (χ1n) is 10.7. The highest BCUT2D eigenvalue weighted by Crippen LogP contribution is 2.24. The molecule has 1 aromatic heterocycles. The fourth-order valence-corrected chi connectivity index (χ4v) is 3.97. The van der Waals surface area contributed by atoms with Gasteiger partial charge >= 0.3 is 6.03 Å². The van der Waals surface area contributed by atoms with Crippen molar-refractivity contribution in [1.29, 1.82) is 0 Å². The summed E-state index contributed by atoms with van der Waals surface area (Å²) in [6.07, 6.45) is 4.55. The van der Waals surface area contributed by atoms with Crippen LogP contribution in [-0.2, 0) is 0 Å². The fourth-order valence-electron chi connectivity index (χ4n) is 3.97. The molecule has 4 rings (SSSR count). The van der Waals surface area contributed by atoms with Crippen molar-refractivity contribution in [2.24, 2.45) is 0 Å². The van der Waals surface area contributed by atoms with E-state index in [1.165, 1.54) is 12.1 Å². The molecule has 1 N–H and O–H groups in total. The van der Waals surface area contributed by atoms with E-state index in [1.807, 2.05) is 0 Å². The van der Waals surface area contributed by atoms with Crippen molar-refractivity contribution in [3.63, 3.8) is 0 Å². The zero-order valence-electron chi connectivity index (χ0n) is 18.2. The number of hydrogen-bond acceptors (Lipinski definition) is 3. The number of amides is 3. The summed E-state index contributed by atoms with van der Waals surface area (Å²) in [6.45, 7) is 1.13. The number of nitrogens with zero attached hydrogens (tertiary/aromatic N) is 3. The maximum atomic E-state index is 13.5. The second-order valence-corrected chi connectivity index (χ2v) is 8.04. The second-order valence-electron chi connectivity index (χ2n) is 8.04. The number of anilines is 1. The first-order valence-corrected chi connectivity index (χ1v) is 10.7. The number of urea groups is 1. The largest absolute Gasteiger partial charge is 0.338 e. The fraction of sp³-hybridized carbons (Fsp3) is 0.240. The average Bonchev–Trinajstić information content (AvgIpc) is 2.83. The topological polar surface area (TPSA) is 65.5 Å². The minimum atomic E-state index is -0.641. The van der Waals surface area contributed by atoms with Crippen molar-refractivity contribution in [2.75, 3.05) is 25.5 Å². The minimum Gasteiger partial charge on any atom is -0.338 e. The van der Waals surface area contributed by atoms with Gasteiger partial charge in [0.1, 0.15) is 11.6 Å². The number of piperidine rings is 1. The van der Waals surface area contributed by atoms with Crippen molar-refractivity contribution < 1.29 is 18.4 Å². The van der Waals surface area contributed by atoms with E-state index in [0.29, 0.717) is 48.3 Å². The Morgan fingerprint density at radius 2 is 1.67 bits per heavy atom. The molecule has 1 saturated heterocycles. The maximum absolute atomic E-state index is 13.5. The number of likely N-dealkylation sites (tertiary alicyclic amines) is 1. The third-order valence-corrected chi connectivity index (χ3v) is 5.86. The van der Waals surface area contributed by atoms with E-state index in [2.05, 4.69) is 10.3 Å². The number of aromatic nitrogens is 1. The third-order valence-electron chi connectivity index (χ3n) is 5.86. The van der Waals surface area contributed by atoms with Crippen LogP contribution in [0.2, 0.25) is 0 Å². The monoisotopic (exact) mass is 450 g/mol. The smallest absolute Gasteiger partial charge is 0.321 e. The first-order chi connectivity index (χ1) is 15.9. The van der Waals surface area contributed by atoms with Gasteiger partial charge in [-0.05, 0) is 60.4 Å². The molecule has 0 unspecified atom stereocenters. The molecule has 0 aliphatic carbocycles. The molecule has 0 saturated carbocycles. The third kappa shape index (κ3) is 5.34. The van der Waals surface area contributed by atoms with Gasteiger partial charge < -0.3 is 15.1 Å². The Morgan fingerprint density at radius 3 is 2.27 bits per heavy atom. The lowest BCUT2D eigenvalue weighted by Crippen LogP contribution is -2.48.